The zero-order valence-corrected chi connectivity index (χ0v) is 10.3. The minimum atomic E-state index is -0.720. The number of rotatable bonds is 4. The monoisotopic (exact) mass is 239 g/mol. The molecule has 0 aliphatic carbocycles. The van der Waals surface area contributed by atoms with Crippen LogP contribution in [0.5, 0.6) is 0 Å². The molecule has 1 aromatic heterocycles. The predicted octanol–water partition coefficient (Wildman–Crippen LogP) is 2.53. The molecule has 1 N–H and O–H groups in total. The van der Waals surface area contributed by atoms with Crippen LogP contribution in [-0.4, -0.2) is 29.1 Å². The van der Waals surface area contributed by atoms with E-state index in [-0.39, 0.29) is 12.0 Å². The topological polar surface area (TPSA) is 40.5 Å². The fourth-order valence-electron chi connectivity index (χ4n) is 2.44. The highest BCUT2D eigenvalue weighted by atomic mass is 32.1. The molecule has 0 saturated carbocycles. The van der Waals surface area contributed by atoms with Gasteiger partial charge in [0.25, 0.3) is 0 Å². The van der Waals surface area contributed by atoms with Gasteiger partial charge in [-0.25, -0.2) is 0 Å². The summed E-state index contributed by atoms with van der Waals surface area (Å²) in [5, 5.41) is 11.1. The Morgan fingerprint density at radius 1 is 1.56 bits per heavy atom. The maximum Gasteiger partial charge on any atom is 0.305 e. The van der Waals surface area contributed by atoms with E-state index in [1.165, 1.54) is 12.8 Å². The van der Waals surface area contributed by atoms with Crippen molar-refractivity contribution in [2.75, 3.05) is 13.1 Å². The van der Waals surface area contributed by atoms with Crippen molar-refractivity contribution in [3.63, 3.8) is 0 Å². The van der Waals surface area contributed by atoms with Crippen LogP contribution in [0.4, 0.5) is 0 Å². The van der Waals surface area contributed by atoms with Gasteiger partial charge in [-0.3, -0.25) is 9.69 Å². The summed E-state index contributed by atoms with van der Waals surface area (Å²) in [4.78, 5) is 14.5. The molecule has 0 amide bonds. The summed E-state index contributed by atoms with van der Waals surface area (Å²) in [5.41, 5.74) is -0.323. The van der Waals surface area contributed by atoms with Crippen molar-refractivity contribution in [2.24, 2.45) is 0 Å². The van der Waals surface area contributed by atoms with Crippen LogP contribution in [0.3, 0.4) is 0 Å². The Kier molecular flexibility index (Phi) is 3.30. The van der Waals surface area contributed by atoms with E-state index in [0.29, 0.717) is 0 Å². The number of hydrogen-bond donors (Lipinski definition) is 1. The zero-order chi connectivity index (χ0) is 11.6. The summed E-state index contributed by atoms with van der Waals surface area (Å²) in [6.07, 6.45) is 2.55. The molecule has 2 heterocycles. The van der Waals surface area contributed by atoms with Crippen molar-refractivity contribution in [1.29, 1.82) is 0 Å². The second-order valence-corrected chi connectivity index (χ2v) is 5.46. The van der Waals surface area contributed by atoms with Crippen LogP contribution in [0.25, 0.3) is 0 Å². The fraction of sp³-hybridized carbons (Fsp3) is 0.583. The molecule has 0 radical (unpaired) electrons. The molecule has 0 aromatic carbocycles. The number of carboxylic acids is 1. The number of thiophene rings is 1. The van der Waals surface area contributed by atoms with E-state index in [1.54, 1.807) is 11.3 Å². The van der Waals surface area contributed by atoms with Gasteiger partial charge >= 0.3 is 5.97 Å². The molecule has 0 spiro atoms. The number of carboxylic acid groups (broad SMARTS) is 1. The van der Waals surface area contributed by atoms with E-state index in [1.807, 2.05) is 17.5 Å². The standard InChI is InChI=1S/C12H17NO2S/c1-12(9-11(14)15,10-5-4-8-16-10)13-6-2-3-7-13/h4-5,8H,2-3,6-7,9H2,1H3,(H,14,15). The molecule has 0 bridgehead atoms. The summed E-state index contributed by atoms with van der Waals surface area (Å²) < 4.78 is 0. The van der Waals surface area contributed by atoms with Gasteiger partial charge in [0.2, 0.25) is 0 Å². The largest absolute Gasteiger partial charge is 0.481 e. The van der Waals surface area contributed by atoms with Gasteiger partial charge in [0.05, 0.1) is 12.0 Å². The average Bonchev–Trinajstić information content (AvgIpc) is 2.91. The summed E-state index contributed by atoms with van der Waals surface area (Å²) in [6.45, 7) is 4.08. The van der Waals surface area contributed by atoms with Crippen molar-refractivity contribution < 1.29 is 9.90 Å². The van der Waals surface area contributed by atoms with Crippen LogP contribution in [0, 0.1) is 0 Å². The maximum atomic E-state index is 11.0. The summed E-state index contributed by atoms with van der Waals surface area (Å²) in [7, 11) is 0. The lowest BCUT2D eigenvalue weighted by atomic mass is 9.93. The van der Waals surface area contributed by atoms with Crippen LogP contribution in [0.1, 0.15) is 31.1 Å². The molecule has 1 atom stereocenters. The molecule has 3 nitrogen and oxygen atoms in total. The van der Waals surface area contributed by atoms with Gasteiger partial charge in [0.1, 0.15) is 0 Å². The first-order chi connectivity index (χ1) is 7.63. The van der Waals surface area contributed by atoms with Gasteiger partial charge in [-0.2, -0.15) is 0 Å². The van der Waals surface area contributed by atoms with Crippen LogP contribution >= 0.6 is 11.3 Å². The Labute approximate surface area is 99.7 Å². The van der Waals surface area contributed by atoms with E-state index in [4.69, 9.17) is 5.11 Å². The Balaban J connectivity index is 2.27. The van der Waals surface area contributed by atoms with Gasteiger partial charge in [-0.1, -0.05) is 6.07 Å². The molecule has 4 heteroatoms. The number of hydrogen-bond acceptors (Lipinski definition) is 3. The molecule has 2 rings (SSSR count). The summed E-state index contributed by atoms with van der Waals surface area (Å²) in [5.74, 6) is -0.720. The SMILES string of the molecule is CC(CC(=O)O)(c1cccs1)N1CCCC1. The minimum absolute atomic E-state index is 0.188. The van der Waals surface area contributed by atoms with Gasteiger partial charge in [0.15, 0.2) is 0 Å². The first kappa shape index (κ1) is 11.6. The van der Waals surface area contributed by atoms with Crippen molar-refractivity contribution in [3.8, 4) is 0 Å². The molecular formula is C12H17NO2S. The third kappa shape index (κ3) is 2.13. The molecule has 1 aliphatic rings. The molecule has 88 valence electrons. The smallest absolute Gasteiger partial charge is 0.305 e. The van der Waals surface area contributed by atoms with E-state index >= 15 is 0 Å². The van der Waals surface area contributed by atoms with E-state index in [9.17, 15) is 4.79 Å². The van der Waals surface area contributed by atoms with Crippen molar-refractivity contribution in [3.05, 3.63) is 22.4 Å². The lowest BCUT2D eigenvalue weighted by molar-refractivity contribution is -0.140. The highest BCUT2D eigenvalue weighted by Gasteiger charge is 2.38. The first-order valence-corrected chi connectivity index (χ1v) is 6.52. The van der Waals surface area contributed by atoms with Gasteiger partial charge in [-0.15, -0.1) is 11.3 Å². The van der Waals surface area contributed by atoms with Gasteiger partial charge in [0, 0.05) is 4.88 Å². The average molecular weight is 239 g/mol. The Morgan fingerprint density at radius 2 is 2.25 bits per heavy atom. The van der Waals surface area contributed by atoms with E-state index in [0.717, 1.165) is 18.0 Å². The molecule has 1 fully saturated rings. The molecule has 1 saturated heterocycles. The quantitative estimate of drug-likeness (QED) is 0.877. The van der Waals surface area contributed by atoms with Crippen LogP contribution < -0.4 is 0 Å². The summed E-state index contributed by atoms with van der Waals surface area (Å²) in [6, 6.07) is 4.04. The third-order valence-corrected chi connectivity index (χ3v) is 4.47. The van der Waals surface area contributed by atoms with Crippen LogP contribution in [0.15, 0.2) is 17.5 Å². The molecule has 1 unspecified atom stereocenters. The predicted molar refractivity (Wildman–Crippen MR) is 64.7 cm³/mol. The fourth-order valence-corrected chi connectivity index (χ4v) is 3.36. The highest BCUT2D eigenvalue weighted by molar-refractivity contribution is 7.10. The van der Waals surface area contributed by atoms with Gasteiger partial charge in [-0.05, 0) is 44.3 Å². The van der Waals surface area contributed by atoms with Crippen LogP contribution in [-0.2, 0) is 10.3 Å². The normalized spacial score (nSPS) is 20.8. The number of aliphatic carboxylic acids is 1. The summed E-state index contributed by atoms with van der Waals surface area (Å²) >= 11 is 1.65. The lowest BCUT2D eigenvalue weighted by Gasteiger charge is -2.37. The number of carbonyl (C=O) groups is 1. The molecule has 16 heavy (non-hydrogen) atoms. The maximum absolute atomic E-state index is 11.0. The number of likely N-dealkylation sites (tertiary alicyclic amines) is 1. The Hall–Kier alpha value is -0.870. The van der Waals surface area contributed by atoms with Crippen molar-refractivity contribution in [2.45, 2.75) is 31.7 Å². The first-order valence-electron chi connectivity index (χ1n) is 5.64. The van der Waals surface area contributed by atoms with E-state index < -0.39 is 5.97 Å². The highest BCUT2D eigenvalue weighted by Crippen LogP contribution is 2.37. The van der Waals surface area contributed by atoms with Crippen molar-refractivity contribution in [1.82, 2.24) is 4.90 Å². The van der Waals surface area contributed by atoms with Crippen molar-refractivity contribution >= 4 is 17.3 Å². The lowest BCUT2D eigenvalue weighted by Crippen LogP contribution is -2.43. The molecule has 1 aromatic rings. The minimum Gasteiger partial charge on any atom is -0.481 e. The second-order valence-electron chi connectivity index (χ2n) is 4.52. The van der Waals surface area contributed by atoms with E-state index in [2.05, 4.69) is 11.8 Å². The Bertz CT molecular complexity index is 357. The molecule has 1 aliphatic heterocycles. The molecular weight excluding hydrogens is 222 g/mol. The van der Waals surface area contributed by atoms with Crippen LogP contribution in [0.2, 0.25) is 0 Å². The zero-order valence-electron chi connectivity index (χ0n) is 9.48. The third-order valence-electron chi connectivity index (χ3n) is 3.35. The van der Waals surface area contributed by atoms with Gasteiger partial charge < -0.3 is 5.11 Å². The Morgan fingerprint density at radius 3 is 2.75 bits per heavy atom. The second kappa shape index (κ2) is 4.55. The number of nitrogens with zero attached hydrogens (tertiary/aromatic N) is 1.